The van der Waals surface area contributed by atoms with Gasteiger partial charge in [0, 0.05) is 16.5 Å². The smallest absolute Gasteiger partial charge is 0.286 e. The molecule has 1 aromatic heterocycles. The van der Waals surface area contributed by atoms with E-state index in [-0.39, 0.29) is 17.4 Å². The van der Waals surface area contributed by atoms with Crippen molar-refractivity contribution in [3.63, 3.8) is 0 Å². The van der Waals surface area contributed by atoms with Crippen LogP contribution in [0, 0.1) is 0 Å². The molecule has 0 saturated heterocycles. The summed E-state index contributed by atoms with van der Waals surface area (Å²) in [6.07, 6.45) is 0. The van der Waals surface area contributed by atoms with E-state index in [0.29, 0.717) is 22.5 Å². The summed E-state index contributed by atoms with van der Waals surface area (Å²) >= 11 is 0. The number of fused-ring (bicyclic) bond motifs is 3. The number of hydrogen-bond acceptors (Lipinski definition) is 4. The van der Waals surface area contributed by atoms with Gasteiger partial charge in [-0.05, 0) is 24.3 Å². The Morgan fingerprint density at radius 2 is 1.41 bits per heavy atom. The zero-order valence-electron chi connectivity index (χ0n) is 15.2. The molecule has 3 N–H and O–H groups in total. The Morgan fingerprint density at radius 3 is 2.07 bits per heavy atom. The Balaban J connectivity index is 1.62. The van der Waals surface area contributed by atoms with E-state index < -0.39 is 11.8 Å². The maximum atomic E-state index is 13.4. The lowest BCUT2D eigenvalue weighted by molar-refractivity contribution is -0.116. The third kappa shape index (κ3) is 2.73. The van der Waals surface area contributed by atoms with Crippen molar-refractivity contribution in [1.29, 1.82) is 0 Å². The zero-order valence-corrected chi connectivity index (χ0v) is 15.2. The van der Waals surface area contributed by atoms with E-state index in [1.807, 2.05) is 48.5 Å². The number of nitrogens with one attached hydrogen (secondary N) is 1. The molecular weight excluding hydrogens is 368 g/mol. The van der Waals surface area contributed by atoms with Crippen LogP contribution in [-0.2, 0) is 4.79 Å². The molecular formula is C23H16N2O4. The molecule has 0 unspecified atom stereocenters. The van der Waals surface area contributed by atoms with Gasteiger partial charge in [-0.25, -0.2) is 0 Å². The molecule has 142 valence electrons. The first-order valence-corrected chi connectivity index (χ1v) is 9.11. The number of amides is 2. The number of anilines is 1. The number of furan rings is 1. The van der Waals surface area contributed by atoms with Crippen LogP contribution < -0.4 is 15.8 Å². The highest BCUT2D eigenvalue weighted by molar-refractivity contribution is 6.12. The summed E-state index contributed by atoms with van der Waals surface area (Å²) in [6.45, 7) is 0. The number of carbonyl (C=O) groups excluding carboxylic acids is 2. The maximum absolute atomic E-state index is 13.4. The molecule has 5 rings (SSSR count). The van der Waals surface area contributed by atoms with Crippen molar-refractivity contribution in [3.8, 4) is 11.5 Å². The van der Waals surface area contributed by atoms with Crippen LogP contribution in [0.1, 0.15) is 27.6 Å². The van der Waals surface area contributed by atoms with Crippen LogP contribution in [0.15, 0.2) is 77.2 Å². The van der Waals surface area contributed by atoms with Crippen molar-refractivity contribution in [1.82, 2.24) is 0 Å². The molecule has 6 heteroatoms. The van der Waals surface area contributed by atoms with Gasteiger partial charge in [-0.3, -0.25) is 9.59 Å². The summed E-state index contributed by atoms with van der Waals surface area (Å²) in [6, 6.07) is 21.9. The Labute approximate surface area is 165 Å². The van der Waals surface area contributed by atoms with Crippen molar-refractivity contribution in [3.05, 3.63) is 89.7 Å². The maximum Gasteiger partial charge on any atom is 0.286 e. The summed E-state index contributed by atoms with van der Waals surface area (Å²) < 4.78 is 11.5. The van der Waals surface area contributed by atoms with Gasteiger partial charge >= 0.3 is 0 Å². The van der Waals surface area contributed by atoms with E-state index in [4.69, 9.17) is 14.9 Å². The third-order valence-electron chi connectivity index (χ3n) is 5.01. The number of para-hydroxylation sites is 3. The molecule has 29 heavy (non-hydrogen) atoms. The number of ether oxygens (including phenoxy) is 1. The molecule has 2 amide bonds. The number of rotatable bonds is 3. The Hall–Kier alpha value is -4.06. The molecule has 4 aromatic rings. The minimum absolute atomic E-state index is 0.0758. The molecule has 0 saturated carbocycles. The van der Waals surface area contributed by atoms with Crippen molar-refractivity contribution in [2.24, 2.45) is 5.73 Å². The van der Waals surface area contributed by atoms with Crippen molar-refractivity contribution >= 4 is 28.5 Å². The second-order valence-electron chi connectivity index (χ2n) is 6.77. The van der Waals surface area contributed by atoms with Gasteiger partial charge in [-0.1, -0.05) is 48.5 Å². The largest absolute Gasteiger partial charge is 0.457 e. The molecule has 6 nitrogen and oxygen atoms in total. The lowest BCUT2D eigenvalue weighted by Crippen LogP contribution is -2.26. The molecule has 0 bridgehead atoms. The summed E-state index contributed by atoms with van der Waals surface area (Å²) in [5.74, 6) is -0.484. The highest BCUT2D eigenvalue weighted by Crippen LogP contribution is 2.44. The highest BCUT2D eigenvalue weighted by atomic mass is 16.5. The fourth-order valence-electron chi connectivity index (χ4n) is 3.73. The van der Waals surface area contributed by atoms with E-state index in [9.17, 15) is 9.59 Å². The Bertz CT molecular complexity index is 1230. The normalized spacial score (nSPS) is 12.7. The van der Waals surface area contributed by atoms with Crippen molar-refractivity contribution in [2.45, 2.75) is 5.92 Å². The van der Waals surface area contributed by atoms with Crippen LogP contribution in [0.2, 0.25) is 0 Å². The molecule has 2 heterocycles. The van der Waals surface area contributed by atoms with Gasteiger partial charge in [0.2, 0.25) is 11.7 Å². The number of hydrogen-bond donors (Lipinski definition) is 2. The molecule has 3 aromatic carbocycles. The predicted molar refractivity (Wildman–Crippen MR) is 108 cm³/mol. The standard InChI is InChI=1S/C23H16N2O4/c24-22(26)21-20(15-9-3-6-12-18(15)29-21)25-23(27)19-13-7-1-4-10-16(13)28-17-11-5-2-8-14(17)19/h1-12,19H,(H2,24,26)(H,25,27). The molecule has 0 fully saturated rings. The van der Waals surface area contributed by atoms with Crippen LogP contribution in [-0.4, -0.2) is 11.8 Å². The van der Waals surface area contributed by atoms with Crippen LogP contribution in [0.4, 0.5) is 5.69 Å². The Kier molecular flexibility index (Phi) is 3.84. The number of benzene rings is 3. The molecule has 0 atom stereocenters. The van der Waals surface area contributed by atoms with E-state index in [0.717, 1.165) is 11.1 Å². The lowest BCUT2D eigenvalue weighted by atomic mass is 9.87. The first kappa shape index (κ1) is 17.1. The first-order chi connectivity index (χ1) is 14.1. The molecule has 1 aliphatic heterocycles. The lowest BCUT2D eigenvalue weighted by Gasteiger charge is -2.27. The molecule has 1 aliphatic rings. The predicted octanol–water partition coefficient (Wildman–Crippen LogP) is 4.41. The molecule has 0 spiro atoms. The SMILES string of the molecule is NC(=O)c1oc2ccccc2c1NC(=O)C1c2ccccc2Oc2ccccc21. The van der Waals surface area contributed by atoms with Crippen molar-refractivity contribution < 1.29 is 18.7 Å². The third-order valence-corrected chi connectivity index (χ3v) is 5.01. The van der Waals surface area contributed by atoms with Gasteiger partial charge in [0.15, 0.2) is 0 Å². The summed E-state index contributed by atoms with van der Waals surface area (Å²) in [7, 11) is 0. The number of nitrogens with two attached hydrogens (primary N) is 1. The average Bonchev–Trinajstić information content (AvgIpc) is 3.10. The monoisotopic (exact) mass is 384 g/mol. The van der Waals surface area contributed by atoms with Crippen molar-refractivity contribution in [2.75, 3.05) is 5.32 Å². The zero-order chi connectivity index (χ0) is 20.0. The van der Waals surface area contributed by atoms with Gasteiger partial charge in [0.25, 0.3) is 5.91 Å². The Morgan fingerprint density at radius 1 is 0.828 bits per heavy atom. The van der Waals surface area contributed by atoms with Gasteiger partial charge in [0.05, 0.1) is 5.92 Å². The second kappa shape index (κ2) is 6.53. The minimum Gasteiger partial charge on any atom is -0.457 e. The number of primary amides is 1. The van der Waals surface area contributed by atoms with Gasteiger partial charge in [0.1, 0.15) is 22.8 Å². The molecule has 0 radical (unpaired) electrons. The van der Waals surface area contributed by atoms with Gasteiger partial charge < -0.3 is 20.2 Å². The first-order valence-electron chi connectivity index (χ1n) is 9.11. The molecule has 0 aliphatic carbocycles. The topological polar surface area (TPSA) is 94.6 Å². The van der Waals surface area contributed by atoms with Crippen LogP contribution in [0.3, 0.4) is 0 Å². The van der Waals surface area contributed by atoms with E-state index in [2.05, 4.69) is 5.32 Å². The van der Waals surface area contributed by atoms with Crippen LogP contribution in [0.25, 0.3) is 11.0 Å². The summed E-state index contributed by atoms with van der Waals surface area (Å²) in [4.78, 5) is 25.4. The summed E-state index contributed by atoms with van der Waals surface area (Å²) in [5.41, 5.74) is 7.73. The fraction of sp³-hybridized carbons (Fsp3) is 0.0435. The minimum atomic E-state index is -0.746. The second-order valence-corrected chi connectivity index (χ2v) is 6.77. The summed E-state index contributed by atoms with van der Waals surface area (Å²) in [5, 5.41) is 3.49. The fourth-order valence-corrected chi connectivity index (χ4v) is 3.73. The highest BCUT2D eigenvalue weighted by Gasteiger charge is 2.33. The van der Waals surface area contributed by atoms with E-state index >= 15 is 0 Å². The van der Waals surface area contributed by atoms with E-state index in [1.54, 1.807) is 24.3 Å². The van der Waals surface area contributed by atoms with E-state index in [1.165, 1.54) is 0 Å². The van der Waals surface area contributed by atoms with Gasteiger partial charge in [-0.15, -0.1) is 0 Å². The average molecular weight is 384 g/mol. The number of carbonyl (C=O) groups is 2. The van der Waals surface area contributed by atoms with Gasteiger partial charge in [-0.2, -0.15) is 0 Å². The van der Waals surface area contributed by atoms with Crippen LogP contribution in [0.5, 0.6) is 11.5 Å². The quantitative estimate of drug-likeness (QED) is 0.547. The van der Waals surface area contributed by atoms with Crippen LogP contribution >= 0.6 is 0 Å².